The van der Waals surface area contributed by atoms with Crippen molar-refractivity contribution < 1.29 is 31.1 Å². The van der Waals surface area contributed by atoms with Crippen LogP contribution in [0.25, 0.3) is 0 Å². The van der Waals surface area contributed by atoms with E-state index in [4.69, 9.17) is 0 Å². The number of carbonyl (C=O) groups is 1. The summed E-state index contributed by atoms with van der Waals surface area (Å²) in [5.41, 5.74) is 0.144. The number of piperidine rings is 1. The van der Waals surface area contributed by atoms with Crippen LogP contribution < -0.4 is 10.1 Å². The average molecular weight is 448 g/mol. The first-order valence-corrected chi connectivity index (χ1v) is 11.0. The Morgan fingerprint density at radius 3 is 2.69 bits per heavy atom. The molecule has 3 rings (SSSR count). The number of alkyl halides is 3. The second-order valence-electron chi connectivity index (χ2n) is 6.63. The zero-order valence-corrected chi connectivity index (χ0v) is 17.0. The van der Waals surface area contributed by atoms with Crippen molar-refractivity contribution in [2.75, 3.05) is 18.4 Å². The summed E-state index contributed by atoms with van der Waals surface area (Å²) in [5.74, 6) is -1.50. The number of hydrogen-bond donors (Lipinski definition) is 1. The van der Waals surface area contributed by atoms with Gasteiger partial charge in [0.15, 0.2) is 0 Å². The summed E-state index contributed by atoms with van der Waals surface area (Å²) in [6, 6.07) is 8.23. The lowest BCUT2D eigenvalue weighted by atomic mass is 9.98. The molecule has 2 aromatic rings. The highest BCUT2D eigenvalue weighted by Gasteiger charge is 2.34. The van der Waals surface area contributed by atoms with Crippen LogP contribution in [-0.4, -0.2) is 38.1 Å². The fraction of sp³-hybridized carbons (Fsp3) is 0.389. The van der Waals surface area contributed by atoms with Crippen molar-refractivity contribution in [2.45, 2.75) is 30.3 Å². The molecule has 2 heterocycles. The molecule has 6 nitrogen and oxygen atoms in total. The molecule has 1 aliphatic heterocycles. The summed E-state index contributed by atoms with van der Waals surface area (Å²) in [6.07, 6.45) is -3.83. The van der Waals surface area contributed by atoms with Crippen molar-refractivity contribution in [3.63, 3.8) is 0 Å². The number of anilines is 1. The van der Waals surface area contributed by atoms with Gasteiger partial charge in [-0.15, -0.1) is 24.5 Å². The maximum atomic E-state index is 12.8. The summed E-state index contributed by atoms with van der Waals surface area (Å²) in [6.45, 7) is 2.15. The molecule has 1 unspecified atom stereocenters. The van der Waals surface area contributed by atoms with E-state index in [-0.39, 0.29) is 16.4 Å². The number of aryl methyl sites for hydroxylation is 1. The highest BCUT2D eigenvalue weighted by atomic mass is 32.2. The minimum absolute atomic E-state index is 0.0177. The molecule has 0 bridgehead atoms. The summed E-state index contributed by atoms with van der Waals surface area (Å²) in [5, 5.41) is 2.55. The molecule has 0 radical (unpaired) electrons. The average Bonchev–Trinajstić information content (AvgIpc) is 3.08. The first kappa shape index (κ1) is 21.6. The van der Waals surface area contributed by atoms with Gasteiger partial charge in [0.05, 0.1) is 5.92 Å². The van der Waals surface area contributed by atoms with Crippen molar-refractivity contribution in [1.82, 2.24) is 4.31 Å². The number of hydrogen-bond acceptors (Lipinski definition) is 5. The molecule has 0 aliphatic carbocycles. The van der Waals surface area contributed by atoms with Crippen molar-refractivity contribution in [2.24, 2.45) is 5.92 Å². The molecule has 1 fully saturated rings. The van der Waals surface area contributed by atoms with Gasteiger partial charge in [0, 0.05) is 29.7 Å². The van der Waals surface area contributed by atoms with E-state index < -0.39 is 34.0 Å². The Balaban J connectivity index is 1.68. The third kappa shape index (κ3) is 5.49. The first-order valence-electron chi connectivity index (χ1n) is 8.78. The van der Waals surface area contributed by atoms with Gasteiger partial charge >= 0.3 is 6.36 Å². The van der Waals surface area contributed by atoms with E-state index in [1.54, 1.807) is 12.1 Å². The molecule has 158 valence electrons. The van der Waals surface area contributed by atoms with E-state index in [9.17, 15) is 26.4 Å². The standard InChI is InChI=1S/C18H19F3N2O4S2/c1-12-7-8-16(28-12)29(25,26)23-9-3-4-13(11-23)17(24)22-14-5-2-6-15(10-14)27-18(19,20)21/h2,5-8,10,13H,3-4,9,11H2,1H3,(H,22,24). The van der Waals surface area contributed by atoms with E-state index in [0.29, 0.717) is 19.4 Å². The summed E-state index contributed by atoms with van der Waals surface area (Å²) in [7, 11) is -3.68. The number of nitrogens with one attached hydrogen (secondary N) is 1. The molecule has 11 heteroatoms. The maximum absolute atomic E-state index is 12.8. The molecule has 29 heavy (non-hydrogen) atoms. The Hall–Kier alpha value is -2.11. The normalized spacial score (nSPS) is 18.4. The van der Waals surface area contributed by atoms with Crippen LogP contribution in [0.15, 0.2) is 40.6 Å². The second kappa shape index (κ2) is 8.33. The van der Waals surface area contributed by atoms with Gasteiger partial charge in [-0.3, -0.25) is 4.79 Å². The lowest BCUT2D eigenvalue weighted by Gasteiger charge is -2.30. The van der Waals surface area contributed by atoms with Crippen LogP contribution in [0.5, 0.6) is 5.75 Å². The van der Waals surface area contributed by atoms with Gasteiger partial charge in [-0.2, -0.15) is 4.31 Å². The number of nitrogens with zero attached hydrogens (tertiary/aromatic N) is 1. The van der Waals surface area contributed by atoms with Gasteiger partial charge in [0.1, 0.15) is 9.96 Å². The number of carbonyl (C=O) groups excluding carboxylic acids is 1. The Morgan fingerprint density at radius 1 is 1.28 bits per heavy atom. The summed E-state index contributed by atoms with van der Waals surface area (Å²) < 4.78 is 68.0. The van der Waals surface area contributed by atoms with Gasteiger partial charge in [0.2, 0.25) is 5.91 Å². The largest absolute Gasteiger partial charge is 0.573 e. The van der Waals surface area contributed by atoms with Crippen molar-refractivity contribution in [3.05, 3.63) is 41.3 Å². The number of thiophene rings is 1. The predicted octanol–water partition coefficient (Wildman–Crippen LogP) is 3.99. The van der Waals surface area contributed by atoms with Crippen molar-refractivity contribution in [1.29, 1.82) is 0 Å². The molecule has 1 atom stereocenters. The van der Waals surface area contributed by atoms with Crippen LogP contribution >= 0.6 is 11.3 Å². The van der Waals surface area contributed by atoms with E-state index >= 15 is 0 Å². The molecule has 0 spiro atoms. The van der Waals surface area contributed by atoms with Crippen molar-refractivity contribution in [3.8, 4) is 5.75 Å². The smallest absolute Gasteiger partial charge is 0.406 e. The molecule has 1 amide bonds. The van der Waals surface area contributed by atoms with Crippen LogP contribution in [0.3, 0.4) is 0 Å². The Bertz CT molecular complexity index is 989. The zero-order valence-electron chi connectivity index (χ0n) is 15.4. The Morgan fingerprint density at radius 2 is 2.03 bits per heavy atom. The molecule has 1 N–H and O–H groups in total. The van der Waals surface area contributed by atoms with Gasteiger partial charge in [0.25, 0.3) is 10.0 Å². The van der Waals surface area contributed by atoms with Crippen LogP contribution in [0, 0.1) is 12.8 Å². The zero-order chi connectivity index (χ0) is 21.2. The van der Waals surface area contributed by atoms with Gasteiger partial charge < -0.3 is 10.1 Å². The number of halogens is 3. The topological polar surface area (TPSA) is 75.7 Å². The monoisotopic (exact) mass is 448 g/mol. The van der Waals surface area contributed by atoms with Crippen LogP contribution in [-0.2, 0) is 14.8 Å². The molecular formula is C18H19F3N2O4S2. The fourth-order valence-electron chi connectivity index (χ4n) is 3.07. The number of rotatable bonds is 5. The lowest BCUT2D eigenvalue weighted by molar-refractivity contribution is -0.274. The molecule has 1 saturated heterocycles. The molecule has 1 aromatic carbocycles. The number of benzene rings is 1. The van der Waals surface area contributed by atoms with Gasteiger partial charge in [-0.1, -0.05) is 6.07 Å². The third-order valence-corrected chi connectivity index (χ3v) is 7.73. The number of sulfonamides is 1. The predicted molar refractivity (Wildman–Crippen MR) is 102 cm³/mol. The van der Waals surface area contributed by atoms with Crippen LogP contribution in [0.1, 0.15) is 17.7 Å². The highest BCUT2D eigenvalue weighted by Crippen LogP contribution is 2.29. The van der Waals surface area contributed by atoms with E-state index in [1.165, 1.54) is 27.8 Å². The van der Waals surface area contributed by atoms with Gasteiger partial charge in [-0.25, -0.2) is 8.42 Å². The van der Waals surface area contributed by atoms with Crippen LogP contribution in [0.2, 0.25) is 0 Å². The summed E-state index contributed by atoms with van der Waals surface area (Å²) in [4.78, 5) is 13.5. The number of ether oxygens (including phenoxy) is 1. The minimum atomic E-state index is -4.83. The molecule has 0 saturated carbocycles. The quantitative estimate of drug-likeness (QED) is 0.751. The first-order chi connectivity index (χ1) is 13.5. The van der Waals surface area contributed by atoms with E-state index in [2.05, 4.69) is 10.1 Å². The second-order valence-corrected chi connectivity index (χ2v) is 10.1. The van der Waals surface area contributed by atoms with Gasteiger partial charge in [-0.05, 0) is 44.0 Å². The Labute approximate surface area is 170 Å². The minimum Gasteiger partial charge on any atom is -0.406 e. The molecular weight excluding hydrogens is 429 g/mol. The highest BCUT2D eigenvalue weighted by molar-refractivity contribution is 7.91. The van der Waals surface area contributed by atoms with E-state index in [1.807, 2.05) is 6.92 Å². The maximum Gasteiger partial charge on any atom is 0.573 e. The van der Waals surface area contributed by atoms with E-state index in [0.717, 1.165) is 17.0 Å². The number of amides is 1. The fourth-order valence-corrected chi connectivity index (χ4v) is 6.03. The molecule has 1 aliphatic rings. The van der Waals surface area contributed by atoms with Crippen molar-refractivity contribution >= 4 is 33.0 Å². The molecule has 1 aromatic heterocycles. The van der Waals surface area contributed by atoms with Crippen LogP contribution in [0.4, 0.5) is 18.9 Å². The summed E-state index contributed by atoms with van der Waals surface area (Å²) >= 11 is 1.17. The SMILES string of the molecule is Cc1ccc(S(=O)(=O)N2CCCC(C(=O)Nc3cccc(OC(F)(F)F)c3)C2)s1. The third-order valence-electron chi connectivity index (χ3n) is 4.40. The lowest BCUT2D eigenvalue weighted by Crippen LogP contribution is -2.43. The Kier molecular flexibility index (Phi) is 6.20.